The van der Waals surface area contributed by atoms with E-state index in [1.165, 1.54) is 18.4 Å². The molecule has 84 valence electrons. The monoisotopic (exact) mass is 208 g/mol. The smallest absolute Gasteiger partial charge is 0.333 e. The molecule has 1 aliphatic carbocycles. The third-order valence-electron chi connectivity index (χ3n) is 2.12. The first kappa shape index (κ1) is 13.7. The van der Waals surface area contributed by atoms with Gasteiger partial charge in [0.2, 0.25) is 0 Å². The van der Waals surface area contributed by atoms with Crippen molar-refractivity contribution in [3.8, 4) is 0 Å². The number of allylic oxidation sites excluding steroid dienone is 1. The van der Waals surface area contributed by atoms with Gasteiger partial charge in [-0.25, -0.2) is 4.79 Å². The van der Waals surface area contributed by atoms with Crippen LogP contribution in [-0.4, -0.2) is 12.6 Å². The first-order chi connectivity index (χ1) is 7.20. The molecule has 1 aliphatic rings. The van der Waals surface area contributed by atoms with Gasteiger partial charge in [-0.1, -0.05) is 12.7 Å². The van der Waals surface area contributed by atoms with Crippen molar-refractivity contribution in [3.05, 3.63) is 37.0 Å². The van der Waals surface area contributed by atoms with Crippen LogP contribution in [0.4, 0.5) is 0 Å². The second-order valence-electron chi connectivity index (χ2n) is 3.46. The molecular weight excluding hydrogens is 188 g/mol. The van der Waals surface area contributed by atoms with E-state index in [9.17, 15) is 4.79 Å². The predicted molar refractivity (Wildman–Crippen MR) is 63.6 cm³/mol. The molecule has 0 atom stereocenters. The van der Waals surface area contributed by atoms with Crippen molar-refractivity contribution in [2.24, 2.45) is 0 Å². The second-order valence-corrected chi connectivity index (χ2v) is 3.46. The summed E-state index contributed by atoms with van der Waals surface area (Å²) in [5.41, 5.74) is 1.72. The highest BCUT2D eigenvalue weighted by Crippen LogP contribution is 2.17. The minimum Gasteiger partial charge on any atom is -0.458 e. The van der Waals surface area contributed by atoms with Gasteiger partial charge in [-0.3, -0.25) is 0 Å². The number of ether oxygens (including phenoxy) is 1. The van der Waals surface area contributed by atoms with Crippen molar-refractivity contribution in [2.45, 2.75) is 32.6 Å². The van der Waals surface area contributed by atoms with Crippen molar-refractivity contribution >= 4 is 5.97 Å². The van der Waals surface area contributed by atoms with E-state index in [4.69, 9.17) is 4.74 Å². The Balaban J connectivity index is 0.000000921. The van der Waals surface area contributed by atoms with E-state index < -0.39 is 0 Å². The summed E-state index contributed by atoms with van der Waals surface area (Å²) < 4.78 is 5.04. The van der Waals surface area contributed by atoms with Crippen molar-refractivity contribution < 1.29 is 9.53 Å². The standard InChI is InChI=1S/C11H16O2.C2H4/c1-9(2)11(12)13-8-10-6-4-3-5-7-10;1-2/h6H,1,3-5,7-8H2,2H3;1-2H2. The maximum absolute atomic E-state index is 11.0. The van der Waals surface area contributed by atoms with Gasteiger partial charge in [0.25, 0.3) is 0 Å². The Bertz CT molecular complexity index is 251. The Morgan fingerprint density at radius 3 is 2.60 bits per heavy atom. The zero-order chi connectivity index (χ0) is 11.7. The predicted octanol–water partition coefficient (Wildman–Crippen LogP) is 3.41. The molecule has 0 saturated carbocycles. The van der Waals surface area contributed by atoms with Crippen LogP contribution < -0.4 is 0 Å². The molecule has 2 nitrogen and oxygen atoms in total. The molecule has 2 heteroatoms. The normalized spacial score (nSPS) is 14.3. The minimum absolute atomic E-state index is 0.286. The largest absolute Gasteiger partial charge is 0.458 e. The lowest BCUT2D eigenvalue weighted by Crippen LogP contribution is -2.09. The maximum Gasteiger partial charge on any atom is 0.333 e. The van der Waals surface area contributed by atoms with Gasteiger partial charge in [0.15, 0.2) is 0 Å². The minimum atomic E-state index is -0.286. The van der Waals surface area contributed by atoms with Crippen LogP contribution in [0.2, 0.25) is 0 Å². The van der Waals surface area contributed by atoms with Crippen LogP contribution in [0.3, 0.4) is 0 Å². The van der Waals surface area contributed by atoms with Gasteiger partial charge in [0.1, 0.15) is 6.61 Å². The van der Waals surface area contributed by atoms with Crippen molar-refractivity contribution in [2.75, 3.05) is 6.61 Å². The van der Waals surface area contributed by atoms with Gasteiger partial charge in [-0.15, -0.1) is 13.2 Å². The van der Waals surface area contributed by atoms with Crippen LogP contribution in [-0.2, 0) is 9.53 Å². The molecule has 1 rings (SSSR count). The Morgan fingerprint density at radius 2 is 2.13 bits per heavy atom. The van der Waals surface area contributed by atoms with Gasteiger partial charge < -0.3 is 4.74 Å². The second kappa shape index (κ2) is 8.04. The fourth-order valence-electron chi connectivity index (χ4n) is 1.32. The van der Waals surface area contributed by atoms with E-state index in [-0.39, 0.29) is 5.97 Å². The fourth-order valence-corrected chi connectivity index (χ4v) is 1.32. The molecule has 0 radical (unpaired) electrons. The lowest BCUT2D eigenvalue weighted by molar-refractivity contribution is -0.138. The summed E-state index contributed by atoms with van der Waals surface area (Å²) in [6.07, 6.45) is 6.85. The zero-order valence-electron chi connectivity index (χ0n) is 9.55. The molecule has 0 saturated heterocycles. The Morgan fingerprint density at radius 1 is 1.47 bits per heavy atom. The van der Waals surface area contributed by atoms with E-state index in [1.807, 2.05) is 0 Å². The third-order valence-corrected chi connectivity index (χ3v) is 2.12. The molecule has 0 aliphatic heterocycles. The number of esters is 1. The van der Waals surface area contributed by atoms with Crippen molar-refractivity contribution in [1.29, 1.82) is 0 Å². The highest BCUT2D eigenvalue weighted by Gasteiger charge is 2.07. The quantitative estimate of drug-likeness (QED) is 0.403. The summed E-state index contributed by atoms with van der Waals surface area (Å²) in [5.74, 6) is -0.286. The van der Waals surface area contributed by atoms with Crippen LogP contribution >= 0.6 is 0 Å². The Labute approximate surface area is 92.3 Å². The zero-order valence-corrected chi connectivity index (χ0v) is 9.55. The van der Waals surface area contributed by atoms with E-state index in [2.05, 4.69) is 25.8 Å². The molecule has 0 bridgehead atoms. The van der Waals surface area contributed by atoms with Crippen molar-refractivity contribution in [1.82, 2.24) is 0 Å². The number of rotatable bonds is 3. The highest BCUT2D eigenvalue weighted by atomic mass is 16.5. The van der Waals surface area contributed by atoms with Crippen LogP contribution in [0.25, 0.3) is 0 Å². The molecule has 0 heterocycles. The SMILES string of the molecule is C=C.C=C(C)C(=O)OCC1=CCCCC1. The van der Waals surface area contributed by atoms with Gasteiger partial charge in [0, 0.05) is 5.57 Å². The molecule has 0 amide bonds. The lowest BCUT2D eigenvalue weighted by Gasteiger charge is -2.12. The molecule has 0 aromatic carbocycles. The molecular formula is C13H20O2. The van der Waals surface area contributed by atoms with Crippen LogP contribution in [0.15, 0.2) is 37.0 Å². The Hall–Kier alpha value is -1.31. The number of hydrogen-bond acceptors (Lipinski definition) is 2. The van der Waals surface area contributed by atoms with Gasteiger partial charge >= 0.3 is 5.97 Å². The number of carbonyl (C=O) groups is 1. The van der Waals surface area contributed by atoms with E-state index in [1.54, 1.807) is 6.92 Å². The summed E-state index contributed by atoms with van der Waals surface area (Å²) in [5, 5.41) is 0. The van der Waals surface area contributed by atoms with Gasteiger partial charge in [-0.05, 0) is 38.2 Å². The first-order valence-electron chi connectivity index (χ1n) is 5.20. The molecule has 0 aromatic heterocycles. The number of carbonyl (C=O) groups excluding carboxylic acids is 1. The third kappa shape index (κ3) is 5.89. The molecule has 0 spiro atoms. The van der Waals surface area contributed by atoms with Gasteiger partial charge in [-0.2, -0.15) is 0 Å². The van der Waals surface area contributed by atoms with Crippen LogP contribution in [0, 0.1) is 0 Å². The van der Waals surface area contributed by atoms with E-state index in [0.717, 1.165) is 12.8 Å². The van der Waals surface area contributed by atoms with Crippen LogP contribution in [0.5, 0.6) is 0 Å². The topological polar surface area (TPSA) is 26.3 Å². The van der Waals surface area contributed by atoms with Crippen molar-refractivity contribution in [3.63, 3.8) is 0 Å². The summed E-state index contributed by atoms with van der Waals surface area (Å²) in [6, 6.07) is 0. The van der Waals surface area contributed by atoms with E-state index in [0.29, 0.717) is 12.2 Å². The fraction of sp³-hybridized carbons (Fsp3) is 0.462. The maximum atomic E-state index is 11.0. The summed E-state index contributed by atoms with van der Waals surface area (Å²) >= 11 is 0. The lowest BCUT2D eigenvalue weighted by atomic mass is 10.0. The van der Waals surface area contributed by atoms with E-state index >= 15 is 0 Å². The summed E-state index contributed by atoms with van der Waals surface area (Å²) in [7, 11) is 0. The summed E-state index contributed by atoms with van der Waals surface area (Å²) in [4.78, 5) is 11.0. The molecule has 0 fully saturated rings. The molecule has 15 heavy (non-hydrogen) atoms. The average Bonchev–Trinajstić information content (AvgIpc) is 2.30. The Kier molecular flexibility index (Phi) is 7.33. The van der Waals surface area contributed by atoms with Crippen LogP contribution in [0.1, 0.15) is 32.6 Å². The average molecular weight is 208 g/mol. The molecule has 0 aromatic rings. The number of hydrogen-bond donors (Lipinski definition) is 0. The first-order valence-corrected chi connectivity index (χ1v) is 5.20. The summed E-state index contributed by atoms with van der Waals surface area (Å²) in [6.45, 7) is 11.6. The molecule has 0 unspecified atom stereocenters. The highest BCUT2D eigenvalue weighted by molar-refractivity contribution is 5.87. The van der Waals surface area contributed by atoms with Gasteiger partial charge in [0.05, 0.1) is 0 Å². The molecule has 0 N–H and O–H groups in total.